The molecular weight excluding hydrogens is 334 g/mol. The highest BCUT2D eigenvalue weighted by molar-refractivity contribution is 5.97. The van der Waals surface area contributed by atoms with Crippen LogP contribution in [0.2, 0.25) is 0 Å². The topological polar surface area (TPSA) is 84.9 Å². The van der Waals surface area contributed by atoms with Crippen LogP contribution in [-0.2, 0) is 4.79 Å². The van der Waals surface area contributed by atoms with Crippen molar-refractivity contribution in [3.8, 4) is 11.5 Å². The van der Waals surface area contributed by atoms with Gasteiger partial charge in [0.25, 0.3) is 0 Å². The van der Waals surface area contributed by atoms with Crippen molar-refractivity contribution >= 4 is 17.6 Å². The molecule has 0 saturated heterocycles. The third kappa shape index (κ3) is 3.10. The van der Waals surface area contributed by atoms with Gasteiger partial charge in [0.15, 0.2) is 11.5 Å². The Bertz CT molecular complexity index is 892. The highest BCUT2D eigenvalue weighted by Gasteiger charge is 2.44. The van der Waals surface area contributed by atoms with E-state index in [0.717, 1.165) is 29.0 Å². The van der Waals surface area contributed by atoms with Gasteiger partial charge in [-0.15, -0.1) is 0 Å². The van der Waals surface area contributed by atoms with Crippen molar-refractivity contribution in [2.75, 3.05) is 18.5 Å². The van der Waals surface area contributed by atoms with E-state index in [9.17, 15) is 9.59 Å². The Morgan fingerprint density at radius 2 is 1.85 bits per heavy atom. The van der Waals surface area contributed by atoms with Crippen molar-refractivity contribution in [1.29, 1.82) is 0 Å². The molecule has 2 aromatic rings. The maximum absolute atomic E-state index is 12.6. The number of aromatic carboxylic acids is 1. The van der Waals surface area contributed by atoms with E-state index in [4.69, 9.17) is 14.6 Å². The van der Waals surface area contributed by atoms with Gasteiger partial charge in [0.05, 0.1) is 5.56 Å². The quantitative estimate of drug-likeness (QED) is 0.882. The van der Waals surface area contributed by atoms with Crippen LogP contribution in [0, 0.1) is 12.8 Å². The molecule has 0 bridgehead atoms. The normalized spacial score (nSPS) is 20.3. The van der Waals surface area contributed by atoms with Crippen LogP contribution in [0.1, 0.15) is 33.8 Å². The number of carbonyl (C=O) groups is 2. The molecule has 26 heavy (non-hydrogen) atoms. The third-order valence-electron chi connectivity index (χ3n) is 4.86. The van der Waals surface area contributed by atoms with Gasteiger partial charge < -0.3 is 19.9 Å². The molecular formula is C20H19NO5. The smallest absolute Gasteiger partial charge is 0.335 e. The van der Waals surface area contributed by atoms with Crippen molar-refractivity contribution < 1.29 is 24.2 Å². The number of aryl methyl sites for hydroxylation is 1. The number of ether oxygens (including phenoxy) is 2. The van der Waals surface area contributed by atoms with Crippen molar-refractivity contribution in [1.82, 2.24) is 0 Å². The Hall–Kier alpha value is -3.02. The monoisotopic (exact) mass is 353 g/mol. The van der Waals surface area contributed by atoms with Crippen molar-refractivity contribution in [3.05, 3.63) is 53.1 Å². The summed E-state index contributed by atoms with van der Waals surface area (Å²) in [4.78, 5) is 23.7. The molecule has 0 aromatic heterocycles. The zero-order valence-corrected chi connectivity index (χ0v) is 14.3. The van der Waals surface area contributed by atoms with E-state index in [1.165, 1.54) is 12.1 Å². The second-order valence-corrected chi connectivity index (χ2v) is 6.68. The summed E-state index contributed by atoms with van der Waals surface area (Å²) < 4.78 is 11.1. The van der Waals surface area contributed by atoms with Crippen LogP contribution < -0.4 is 14.8 Å². The number of carboxylic acids is 1. The van der Waals surface area contributed by atoms with Crippen LogP contribution in [0.15, 0.2) is 36.4 Å². The molecule has 0 radical (unpaired) electrons. The fourth-order valence-electron chi connectivity index (χ4n) is 3.26. The number of fused-ring (bicyclic) bond motifs is 1. The van der Waals surface area contributed by atoms with Crippen LogP contribution in [0.3, 0.4) is 0 Å². The molecule has 2 N–H and O–H groups in total. The Balaban J connectivity index is 1.46. The van der Waals surface area contributed by atoms with Crippen LogP contribution in [-0.4, -0.2) is 30.2 Å². The molecule has 2 aliphatic rings. The highest BCUT2D eigenvalue weighted by Crippen LogP contribution is 2.49. The van der Waals surface area contributed by atoms with Gasteiger partial charge >= 0.3 is 5.97 Å². The molecule has 6 nitrogen and oxygen atoms in total. The molecule has 6 heteroatoms. The van der Waals surface area contributed by atoms with Gasteiger partial charge in [0.1, 0.15) is 13.2 Å². The molecule has 134 valence electrons. The second-order valence-electron chi connectivity index (χ2n) is 6.68. The lowest BCUT2D eigenvalue weighted by Crippen LogP contribution is -2.16. The summed E-state index contributed by atoms with van der Waals surface area (Å²) in [6.07, 6.45) is 0.767. The summed E-state index contributed by atoms with van der Waals surface area (Å²) in [5.74, 6) is 0.392. The first kappa shape index (κ1) is 16.4. The summed E-state index contributed by atoms with van der Waals surface area (Å²) in [7, 11) is 0. The summed E-state index contributed by atoms with van der Waals surface area (Å²) in [5.41, 5.74) is 2.60. The van der Waals surface area contributed by atoms with E-state index in [1.54, 1.807) is 6.07 Å². The van der Waals surface area contributed by atoms with Gasteiger partial charge in [-0.1, -0.05) is 12.1 Å². The molecule has 1 aliphatic heterocycles. The van der Waals surface area contributed by atoms with Crippen LogP contribution in [0.25, 0.3) is 0 Å². The zero-order valence-electron chi connectivity index (χ0n) is 14.3. The number of carboxylic acid groups (broad SMARTS) is 1. The third-order valence-corrected chi connectivity index (χ3v) is 4.86. The predicted octanol–water partition coefficient (Wildman–Crippen LogP) is 3.21. The van der Waals surface area contributed by atoms with E-state index >= 15 is 0 Å². The molecule has 1 fully saturated rings. The SMILES string of the molecule is Cc1ccc(C(=O)O)cc1NC(=O)C1CC1c1ccc2c(c1)OCCO2. The van der Waals surface area contributed by atoms with Gasteiger partial charge in [-0.3, -0.25) is 4.79 Å². The van der Waals surface area contributed by atoms with E-state index in [1.807, 2.05) is 25.1 Å². The number of hydrogen-bond acceptors (Lipinski definition) is 4. The molecule has 0 spiro atoms. The van der Waals surface area contributed by atoms with Crippen molar-refractivity contribution in [2.24, 2.45) is 5.92 Å². The Morgan fingerprint density at radius 3 is 2.62 bits per heavy atom. The Morgan fingerprint density at radius 1 is 1.08 bits per heavy atom. The molecule has 2 aromatic carbocycles. The van der Waals surface area contributed by atoms with Crippen molar-refractivity contribution in [2.45, 2.75) is 19.3 Å². The minimum atomic E-state index is -1.01. The lowest BCUT2D eigenvalue weighted by molar-refractivity contribution is -0.117. The van der Waals surface area contributed by atoms with Crippen LogP contribution in [0.4, 0.5) is 5.69 Å². The standard InChI is InChI=1S/C20H19NO5/c1-11-2-3-13(20(23)24)8-16(11)21-19(22)15-10-14(15)12-4-5-17-18(9-12)26-7-6-25-17/h2-5,8-9,14-15H,6-7,10H2,1H3,(H,21,22)(H,23,24). The molecule has 2 atom stereocenters. The highest BCUT2D eigenvalue weighted by atomic mass is 16.6. The Labute approximate surface area is 150 Å². The fourth-order valence-corrected chi connectivity index (χ4v) is 3.26. The number of benzene rings is 2. The van der Waals surface area contributed by atoms with Gasteiger partial charge in [-0.25, -0.2) is 4.79 Å². The predicted molar refractivity (Wildman–Crippen MR) is 95.0 cm³/mol. The summed E-state index contributed by atoms with van der Waals surface area (Å²) >= 11 is 0. The first-order chi connectivity index (χ1) is 12.5. The maximum atomic E-state index is 12.6. The lowest BCUT2D eigenvalue weighted by atomic mass is 10.1. The molecule has 1 heterocycles. The van der Waals surface area contributed by atoms with Gasteiger partial charge in [0.2, 0.25) is 5.91 Å². The summed E-state index contributed by atoms with van der Waals surface area (Å²) in [6, 6.07) is 10.5. The zero-order chi connectivity index (χ0) is 18.3. The molecule has 1 amide bonds. The summed E-state index contributed by atoms with van der Waals surface area (Å²) in [6.45, 7) is 2.92. The number of rotatable bonds is 4. The van der Waals surface area contributed by atoms with Crippen LogP contribution >= 0.6 is 0 Å². The molecule has 2 unspecified atom stereocenters. The van der Waals surface area contributed by atoms with E-state index < -0.39 is 5.97 Å². The van der Waals surface area contributed by atoms with Crippen LogP contribution in [0.5, 0.6) is 11.5 Å². The first-order valence-corrected chi connectivity index (χ1v) is 8.57. The number of hydrogen-bond donors (Lipinski definition) is 2. The van der Waals surface area contributed by atoms with E-state index in [0.29, 0.717) is 18.9 Å². The molecule has 4 rings (SSSR count). The van der Waals surface area contributed by atoms with Crippen molar-refractivity contribution in [3.63, 3.8) is 0 Å². The number of amides is 1. The largest absolute Gasteiger partial charge is 0.486 e. The fraction of sp³-hybridized carbons (Fsp3) is 0.300. The maximum Gasteiger partial charge on any atom is 0.335 e. The minimum Gasteiger partial charge on any atom is -0.486 e. The number of nitrogens with one attached hydrogen (secondary N) is 1. The average molecular weight is 353 g/mol. The van der Waals surface area contributed by atoms with Gasteiger partial charge in [-0.2, -0.15) is 0 Å². The Kier molecular flexibility index (Phi) is 4.03. The molecule has 1 saturated carbocycles. The minimum absolute atomic E-state index is 0.0875. The number of carbonyl (C=O) groups excluding carboxylic acids is 1. The lowest BCUT2D eigenvalue weighted by Gasteiger charge is -2.18. The van der Waals surface area contributed by atoms with E-state index in [-0.39, 0.29) is 23.3 Å². The van der Waals surface area contributed by atoms with E-state index in [2.05, 4.69) is 5.32 Å². The molecule has 1 aliphatic carbocycles. The second kappa shape index (κ2) is 6.37. The van der Waals surface area contributed by atoms with Gasteiger partial charge in [-0.05, 0) is 54.7 Å². The number of anilines is 1. The average Bonchev–Trinajstić information content (AvgIpc) is 3.44. The first-order valence-electron chi connectivity index (χ1n) is 8.57. The summed E-state index contributed by atoms with van der Waals surface area (Å²) in [5, 5.41) is 12.0. The van der Waals surface area contributed by atoms with Gasteiger partial charge in [0, 0.05) is 11.6 Å².